The maximum Gasteiger partial charge on any atom is 0.427 e. The standard InChI is InChI=1S/C16H20NO5P/c18-14-8-5-12(6-9-14)3-1-2-4-13-7-10-15(19)11-16(13)17-23(20,21)22/h5-11,13,18H,1-4H2,(H3,17,20,21,22). The summed E-state index contributed by atoms with van der Waals surface area (Å²) in [6, 6.07) is 7.04. The zero-order valence-corrected chi connectivity index (χ0v) is 13.4. The van der Waals surface area contributed by atoms with Gasteiger partial charge in [0.2, 0.25) is 0 Å². The molecule has 0 aliphatic heterocycles. The Kier molecular flexibility index (Phi) is 5.77. The number of aryl methyl sites for hydroxylation is 1. The van der Waals surface area contributed by atoms with Crippen molar-refractivity contribution >= 4 is 13.5 Å². The van der Waals surface area contributed by atoms with E-state index in [1.165, 1.54) is 12.2 Å². The fraction of sp³-hybridized carbons (Fsp3) is 0.312. The van der Waals surface area contributed by atoms with E-state index in [4.69, 9.17) is 9.79 Å². The summed E-state index contributed by atoms with van der Waals surface area (Å²) in [6.45, 7) is 0. The first-order chi connectivity index (χ1) is 10.8. The van der Waals surface area contributed by atoms with Crippen molar-refractivity contribution in [3.05, 3.63) is 53.8 Å². The number of nitrogens with one attached hydrogen (secondary N) is 1. The van der Waals surface area contributed by atoms with Gasteiger partial charge in [-0.25, -0.2) is 4.57 Å². The molecule has 1 aliphatic carbocycles. The van der Waals surface area contributed by atoms with Crippen LogP contribution in [0.4, 0.5) is 0 Å². The maximum absolute atomic E-state index is 11.4. The van der Waals surface area contributed by atoms with Gasteiger partial charge in [-0.1, -0.05) is 24.6 Å². The molecule has 0 fully saturated rings. The fourth-order valence-corrected chi connectivity index (χ4v) is 3.08. The lowest BCUT2D eigenvalue weighted by molar-refractivity contribution is -0.110. The van der Waals surface area contributed by atoms with Crippen LogP contribution in [0, 0.1) is 5.92 Å². The number of phenolic OH excluding ortho intramolecular Hbond substituents is 1. The first-order valence-corrected chi connectivity index (χ1v) is 9.00. The largest absolute Gasteiger partial charge is 0.508 e. The van der Waals surface area contributed by atoms with Gasteiger partial charge >= 0.3 is 7.75 Å². The number of allylic oxidation sites excluding steroid dienone is 3. The number of carbonyl (C=O) groups is 1. The molecule has 0 saturated heterocycles. The molecule has 1 aliphatic rings. The third-order valence-electron chi connectivity index (χ3n) is 3.63. The molecule has 6 nitrogen and oxygen atoms in total. The van der Waals surface area contributed by atoms with E-state index in [0.29, 0.717) is 6.42 Å². The minimum Gasteiger partial charge on any atom is -0.508 e. The molecule has 0 amide bonds. The molecule has 7 heteroatoms. The maximum atomic E-state index is 11.4. The molecular formula is C16H20NO5P. The Bertz CT molecular complexity index is 660. The van der Waals surface area contributed by atoms with Gasteiger partial charge < -0.3 is 14.9 Å². The van der Waals surface area contributed by atoms with Crippen molar-refractivity contribution in [1.82, 2.24) is 5.09 Å². The number of hydrogen-bond donors (Lipinski definition) is 4. The van der Waals surface area contributed by atoms with Crippen LogP contribution < -0.4 is 5.09 Å². The second-order valence-corrected chi connectivity index (χ2v) is 6.85. The summed E-state index contributed by atoms with van der Waals surface area (Å²) >= 11 is 0. The zero-order valence-electron chi connectivity index (χ0n) is 12.6. The Morgan fingerprint density at radius 1 is 1.13 bits per heavy atom. The molecule has 0 aromatic heterocycles. The van der Waals surface area contributed by atoms with Crippen LogP contribution in [0.2, 0.25) is 0 Å². The van der Waals surface area contributed by atoms with Gasteiger partial charge in [0.1, 0.15) is 5.75 Å². The summed E-state index contributed by atoms with van der Waals surface area (Å²) in [4.78, 5) is 29.4. The second-order valence-electron chi connectivity index (χ2n) is 5.54. The van der Waals surface area contributed by atoms with Gasteiger partial charge in [0.25, 0.3) is 0 Å². The van der Waals surface area contributed by atoms with E-state index in [1.54, 1.807) is 18.2 Å². The van der Waals surface area contributed by atoms with Gasteiger partial charge in [-0.2, -0.15) is 0 Å². The SMILES string of the molecule is O=C1C=CC(CCCCc2ccc(O)cc2)C(NP(=O)(O)O)=C1. The van der Waals surface area contributed by atoms with Crippen LogP contribution in [-0.4, -0.2) is 20.7 Å². The summed E-state index contributed by atoms with van der Waals surface area (Å²) in [5, 5.41) is 11.4. The van der Waals surface area contributed by atoms with Crippen LogP contribution in [-0.2, 0) is 15.8 Å². The summed E-state index contributed by atoms with van der Waals surface area (Å²) < 4.78 is 11.1. The molecule has 0 radical (unpaired) electrons. The van der Waals surface area contributed by atoms with Gasteiger partial charge in [-0.3, -0.25) is 9.88 Å². The quantitative estimate of drug-likeness (QED) is 0.450. The zero-order chi connectivity index (χ0) is 16.9. The number of ketones is 1. The molecule has 23 heavy (non-hydrogen) atoms. The van der Waals surface area contributed by atoms with Crippen molar-refractivity contribution < 1.29 is 24.3 Å². The average molecular weight is 337 g/mol. The van der Waals surface area contributed by atoms with Crippen LogP contribution in [0.5, 0.6) is 5.75 Å². The number of rotatable bonds is 7. The Labute approximate surface area is 134 Å². The first kappa shape index (κ1) is 17.5. The summed E-state index contributed by atoms with van der Waals surface area (Å²) in [6.07, 6.45) is 7.66. The lowest BCUT2D eigenvalue weighted by Gasteiger charge is -2.21. The average Bonchev–Trinajstić information content (AvgIpc) is 2.45. The molecule has 1 aromatic rings. The lowest BCUT2D eigenvalue weighted by Crippen LogP contribution is -2.20. The molecule has 4 N–H and O–H groups in total. The number of hydrogen-bond acceptors (Lipinski definition) is 3. The Balaban J connectivity index is 1.84. The third kappa shape index (κ3) is 6.02. The summed E-state index contributed by atoms with van der Waals surface area (Å²) in [5.74, 6) is -0.231. The van der Waals surface area contributed by atoms with Crippen LogP contribution in [0.25, 0.3) is 0 Å². The molecule has 1 aromatic carbocycles. The van der Waals surface area contributed by atoms with E-state index in [2.05, 4.69) is 5.09 Å². The Hall–Kier alpha value is -1.88. The smallest absolute Gasteiger partial charge is 0.427 e. The van der Waals surface area contributed by atoms with Crippen molar-refractivity contribution in [2.24, 2.45) is 5.92 Å². The molecule has 0 bridgehead atoms. The van der Waals surface area contributed by atoms with Gasteiger partial charge in [0.15, 0.2) is 5.78 Å². The van der Waals surface area contributed by atoms with E-state index in [0.717, 1.165) is 24.8 Å². The van der Waals surface area contributed by atoms with Gasteiger partial charge in [-0.05, 0) is 43.0 Å². The number of aromatic hydroxyl groups is 1. The monoisotopic (exact) mass is 337 g/mol. The van der Waals surface area contributed by atoms with Crippen molar-refractivity contribution in [2.45, 2.75) is 25.7 Å². The second kappa shape index (κ2) is 7.59. The molecule has 1 atom stereocenters. The number of carbonyl (C=O) groups excluding carboxylic acids is 1. The van der Waals surface area contributed by atoms with E-state index >= 15 is 0 Å². The van der Waals surface area contributed by atoms with E-state index in [1.807, 2.05) is 12.1 Å². The highest BCUT2D eigenvalue weighted by Crippen LogP contribution is 2.34. The minimum absolute atomic E-state index is 0.194. The topological polar surface area (TPSA) is 107 Å². The number of phenols is 1. The van der Waals surface area contributed by atoms with Crippen LogP contribution >= 0.6 is 7.75 Å². The third-order valence-corrected chi connectivity index (χ3v) is 4.18. The molecule has 2 rings (SSSR count). The molecule has 1 unspecified atom stereocenters. The van der Waals surface area contributed by atoms with Gasteiger partial charge in [0.05, 0.1) is 0 Å². The van der Waals surface area contributed by atoms with Crippen molar-refractivity contribution in [3.63, 3.8) is 0 Å². The fourth-order valence-electron chi connectivity index (χ4n) is 2.51. The van der Waals surface area contributed by atoms with E-state index in [-0.39, 0.29) is 23.1 Å². The van der Waals surface area contributed by atoms with E-state index < -0.39 is 7.75 Å². The summed E-state index contributed by atoms with van der Waals surface area (Å²) in [7, 11) is -4.42. The molecule has 0 saturated carbocycles. The van der Waals surface area contributed by atoms with Gasteiger partial charge in [0, 0.05) is 17.7 Å². The number of unbranched alkanes of at least 4 members (excludes halogenated alkanes) is 1. The molecular weight excluding hydrogens is 317 g/mol. The Morgan fingerprint density at radius 2 is 1.83 bits per heavy atom. The number of benzene rings is 1. The Morgan fingerprint density at radius 3 is 2.48 bits per heavy atom. The van der Waals surface area contributed by atoms with Crippen LogP contribution in [0.15, 0.2) is 48.2 Å². The first-order valence-electron chi connectivity index (χ1n) is 7.39. The van der Waals surface area contributed by atoms with Crippen molar-refractivity contribution in [2.75, 3.05) is 0 Å². The highest BCUT2D eigenvalue weighted by molar-refractivity contribution is 7.49. The highest BCUT2D eigenvalue weighted by Gasteiger charge is 2.22. The van der Waals surface area contributed by atoms with Gasteiger partial charge in [-0.15, -0.1) is 0 Å². The lowest BCUT2D eigenvalue weighted by atomic mass is 9.92. The molecule has 124 valence electrons. The highest BCUT2D eigenvalue weighted by atomic mass is 31.2. The van der Waals surface area contributed by atoms with Crippen LogP contribution in [0.3, 0.4) is 0 Å². The predicted molar refractivity (Wildman–Crippen MR) is 86.6 cm³/mol. The van der Waals surface area contributed by atoms with Crippen LogP contribution in [0.1, 0.15) is 24.8 Å². The summed E-state index contributed by atoms with van der Waals surface area (Å²) in [5.41, 5.74) is 1.40. The molecule has 0 spiro atoms. The van der Waals surface area contributed by atoms with E-state index in [9.17, 15) is 14.5 Å². The predicted octanol–water partition coefficient (Wildman–Crippen LogP) is 2.43. The van der Waals surface area contributed by atoms with Crippen molar-refractivity contribution in [3.8, 4) is 5.75 Å². The van der Waals surface area contributed by atoms with Crippen molar-refractivity contribution in [1.29, 1.82) is 0 Å². The molecule has 0 heterocycles. The minimum atomic E-state index is -4.42. The normalized spacial score (nSPS) is 17.9.